The summed E-state index contributed by atoms with van der Waals surface area (Å²) in [5.74, 6) is 0. The summed E-state index contributed by atoms with van der Waals surface area (Å²) >= 11 is 0. The van der Waals surface area contributed by atoms with E-state index in [-0.39, 0.29) is 0 Å². The van der Waals surface area contributed by atoms with E-state index in [0.29, 0.717) is 6.54 Å². The second-order valence-corrected chi connectivity index (χ2v) is 3.04. The number of rotatable bonds is 0. The smallest absolute Gasteiger partial charge is 0.0997 e. The number of nitrogens with zero attached hydrogens (tertiary/aromatic N) is 3. The fourth-order valence-electron chi connectivity index (χ4n) is 1.61. The predicted octanol–water partition coefficient (Wildman–Crippen LogP) is 2.83. The molecule has 0 bridgehead atoms. The second kappa shape index (κ2) is 2.36. The molecule has 0 radical (unpaired) electrons. The molecular formula is C10H7N3. The Kier molecular flexibility index (Phi) is 1.22. The van der Waals surface area contributed by atoms with E-state index in [0.717, 1.165) is 16.6 Å². The van der Waals surface area contributed by atoms with E-state index in [9.17, 15) is 0 Å². The van der Waals surface area contributed by atoms with Crippen molar-refractivity contribution in [2.45, 2.75) is 6.54 Å². The summed E-state index contributed by atoms with van der Waals surface area (Å²) in [6.07, 6.45) is 1.79. The fourth-order valence-corrected chi connectivity index (χ4v) is 1.61. The molecule has 0 amide bonds. The zero-order valence-corrected chi connectivity index (χ0v) is 6.94. The number of hydrogen-bond donors (Lipinski definition) is 0. The SMILES string of the molecule is c1cnc2ccc3c(c2c1)N=NC3. The lowest BCUT2D eigenvalue weighted by Gasteiger charge is -1.99. The maximum atomic E-state index is 4.26. The highest BCUT2D eigenvalue weighted by Gasteiger charge is 2.10. The second-order valence-electron chi connectivity index (χ2n) is 3.04. The van der Waals surface area contributed by atoms with Crippen molar-refractivity contribution in [3.05, 3.63) is 36.0 Å². The first kappa shape index (κ1) is 6.71. The first-order valence-electron chi connectivity index (χ1n) is 4.19. The molecule has 3 nitrogen and oxygen atoms in total. The van der Waals surface area contributed by atoms with Gasteiger partial charge in [0.1, 0.15) is 0 Å². The van der Waals surface area contributed by atoms with Crippen LogP contribution in [0.25, 0.3) is 10.9 Å². The maximum Gasteiger partial charge on any atom is 0.0997 e. The van der Waals surface area contributed by atoms with Crippen molar-refractivity contribution in [3.8, 4) is 0 Å². The van der Waals surface area contributed by atoms with Crippen LogP contribution in [0.3, 0.4) is 0 Å². The highest BCUT2D eigenvalue weighted by molar-refractivity contribution is 5.91. The summed E-state index contributed by atoms with van der Waals surface area (Å²) in [4.78, 5) is 4.26. The summed E-state index contributed by atoms with van der Waals surface area (Å²) in [5.41, 5.74) is 3.17. The molecule has 13 heavy (non-hydrogen) atoms. The topological polar surface area (TPSA) is 37.6 Å². The van der Waals surface area contributed by atoms with Gasteiger partial charge in [-0.2, -0.15) is 10.2 Å². The van der Waals surface area contributed by atoms with E-state index in [2.05, 4.69) is 15.2 Å². The van der Waals surface area contributed by atoms with Gasteiger partial charge in [0.2, 0.25) is 0 Å². The molecule has 0 unspecified atom stereocenters. The molecule has 0 atom stereocenters. The molecule has 3 heteroatoms. The number of aromatic nitrogens is 1. The lowest BCUT2D eigenvalue weighted by Crippen LogP contribution is -1.80. The van der Waals surface area contributed by atoms with E-state index in [4.69, 9.17) is 0 Å². The van der Waals surface area contributed by atoms with Gasteiger partial charge in [-0.05, 0) is 18.2 Å². The van der Waals surface area contributed by atoms with Gasteiger partial charge in [0.05, 0.1) is 17.7 Å². The molecular weight excluding hydrogens is 162 g/mol. The van der Waals surface area contributed by atoms with E-state index in [1.54, 1.807) is 6.20 Å². The van der Waals surface area contributed by atoms with Crippen molar-refractivity contribution in [2.24, 2.45) is 10.2 Å². The number of hydrogen-bond acceptors (Lipinski definition) is 3. The van der Waals surface area contributed by atoms with Gasteiger partial charge >= 0.3 is 0 Å². The normalized spacial score (nSPS) is 13.5. The molecule has 2 heterocycles. The first-order valence-corrected chi connectivity index (χ1v) is 4.19. The standard InChI is InChI=1S/C10H7N3/c1-2-8-9(11-5-1)4-3-7-6-12-13-10(7)8/h1-5H,6H2. The van der Waals surface area contributed by atoms with E-state index in [1.807, 2.05) is 24.3 Å². The van der Waals surface area contributed by atoms with Gasteiger partial charge in [0.25, 0.3) is 0 Å². The first-order chi connectivity index (χ1) is 6.45. The summed E-state index contributed by atoms with van der Waals surface area (Å²) in [6, 6.07) is 8.02. The molecule has 0 saturated carbocycles. The Morgan fingerprint density at radius 3 is 3.15 bits per heavy atom. The molecule has 1 aliphatic rings. The van der Waals surface area contributed by atoms with Crippen LogP contribution in [0.15, 0.2) is 40.7 Å². The predicted molar refractivity (Wildman–Crippen MR) is 50.0 cm³/mol. The van der Waals surface area contributed by atoms with Gasteiger partial charge < -0.3 is 0 Å². The van der Waals surface area contributed by atoms with Crippen LogP contribution in [-0.4, -0.2) is 4.98 Å². The zero-order chi connectivity index (χ0) is 8.67. The minimum atomic E-state index is 0.708. The molecule has 0 saturated heterocycles. The Labute approximate surface area is 75.1 Å². The molecule has 0 aliphatic carbocycles. The summed E-state index contributed by atoms with van der Waals surface area (Å²) in [6.45, 7) is 0.708. The van der Waals surface area contributed by atoms with Crippen molar-refractivity contribution < 1.29 is 0 Å². The van der Waals surface area contributed by atoms with Crippen LogP contribution in [0, 0.1) is 0 Å². The Balaban J connectivity index is 2.49. The van der Waals surface area contributed by atoms with Gasteiger partial charge in [-0.15, -0.1) is 0 Å². The van der Waals surface area contributed by atoms with Gasteiger partial charge in [-0.25, -0.2) is 0 Å². The molecule has 0 fully saturated rings. The zero-order valence-electron chi connectivity index (χ0n) is 6.94. The van der Waals surface area contributed by atoms with Crippen LogP contribution < -0.4 is 0 Å². The van der Waals surface area contributed by atoms with Crippen molar-refractivity contribution in [3.63, 3.8) is 0 Å². The average molecular weight is 169 g/mol. The van der Waals surface area contributed by atoms with E-state index >= 15 is 0 Å². The third-order valence-corrected chi connectivity index (χ3v) is 2.25. The van der Waals surface area contributed by atoms with Crippen LogP contribution in [0.5, 0.6) is 0 Å². The number of azo groups is 1. The highest BCUT2D eigenvalue weighted by atomic mass is 15.1. The maximum absolute atomic E-state index is 4.26. The van der Waals surface area contributed by atoms with Gasteiger partial charge in [0, 0.05) is 17.1 Å². The third-order valence-electron chi connectivity index (χ3n) is 2.25. The highest BCUT2D eigenvalue weighted by Crippen LogP contribution is 2.33. The third kappa shape index (κ3) is 0.869. The number of benzene rings is 1. The molecule has 2 aromatic rings. The summed E-state index contributed by atoms with van der Waals surface area (Å²) < 4.78 is 0. The van der Waals surface area contributed by atoms with Crippen molar-refractivity contribution in [1.29, 1.82) is 0 Å². The van der Waals surface area contributed by atoms with Gasteiger partial charge in [-0.3, -0.25) is 4.98 Å². The van der Waals surface area contributed by atoms with Crippen molar-refractivity contribution in [1.82, 2.24) is 4.98 Å². The Hall–Kier alpha value is -1.77. The Morgan fingerprint density at radius 1 is 1.15 bits per heavy atom. The van der Waals surface area contributed by atoms with Crippen LogP contribution in [0.4, 0.5) is 5.69 Å². The van der Waals surface area contributed by atoms with Crippen LogP contribution in [0.2, 0.25) is 0 Å². The summed E-state index contributed by atoms with van der Waals surface area (Å²) in [7, 11) is 0. The van der Waals surface area contributed by atoms with Crippen LogP contribution >= 0.6 is 0 Å². The minimum absolute atomic E-state index is 0.708. The van der Waals surface area contributed by atoms with E-state index < -0.39 is 0 Å². The van der Waals surface area contributed by atoms with Gasteiger partial charge in [-0.1, -0.05) is 6.07 Å². The summed E-state index contributed by atoms with van der Waals surface area (Å²) in [5, 5.41) is 9.21. The molecule has 1 aromatic carbocycles. The molecule has 3 rings (SSSR count). The monoisotopic (exact) mass is 169 g/mol. The van der Waals surface area contributed by atoms with Crippen molar-refractivity contribution in [2.75, 3.05) is 0 Å². The largest absolute Gasteiger partial charge is 0.256 e. The number of fused-ring (bicyclic) bond motifs is 3. The van der Waals surface area contributed by atoms with Crippen molar-refractivity contribution >= 4 is 16.6 Å². The average Bonchev–Trinajstić information content (AvgIpc) is 2.65. The fraction of sp³-hybridized carbons (Fsp3) is 0.100. The minimum Gasteiger partial charge on any atom is -0.256 e. The van der Waals surface area contributed by atoms with Gasteiger partial charge in [0.15, 0.2) is 0 Å². The molecule has 1 aliphatic heterocycles. The van der Waals surface area contributed by atoms with Crippen LogP contribution in [-0.2, 0) is 6.54 Å². The molecule has 0 N–H and O–H groups in total. The van der Waals surface area contributed by atoms with Crippen LogP contribution in [0.1, 0.15) is 5.56 Å². The van der Waals surface area contributed by atoms with E-state index in [1.165, 1.54) is 5.56 Å². The molecule has 1 aromatic heterocycles. The quantitative estimate of drug-likeness (QED) is 0.597. The lowest BCUT2D eigenvalue weighted by molar-refractivity contribution is 1.04. The molecule has 62 valence electrons. The Bertz CT molecular complexity index is 502. The molecule has 0 spiro atoms. The Morgan fingerprint density at radius 2 is 2.15 bits per heavy atom. The lowest BCUT2D eigenvalue weighted by atomic mass is 10.1. The number of pyridine rings is 1.